The molecule has 5 amide bonds. The second-order valence-electron chi connectivity index (χ2n) is 12.5. The number of amidine groups is 1. The molecule has 11 N–H and O–H groups in total. The highest BCUT2D eigenvalue weighted by atomic mass is 16.3. The monoisotopic (exact) mass is 686 g/mol. The molecule has 0 aliphatic carbocycles. The fourth-order valence-corrected chi connectivity index (χ4v) is 5.76. The topological polar surface area (TPSA) is 242 Å². The Morgan fingerprint density at radius 1 is 0.680 bits per heavy atom. The Hall–Kier alpha value is -5.50. The van der Waals surface area contributed by atoms with Crippen molar-refractivity contribution in [1.29, 1.82) is 5.41 Å². The Morgan fingerprint density at radius 2 is 1.24 bits per heavy atom. The van der Waals surface area contributed by atoms with Crippen LogP contribution in [0.15, 0.2) is 66.7 Å². The van der Waals surface area contributed by atoms with Crippen LogP contribution in [0.2, 0.25) is 0 Å². The summed E-state index contributed by atoms with van der Waals surface area (Å²) < 4.78 is 0. The van der Waals surface area contributed by atoms with E-state index < -0.39 is 60.2 Å². The molecule has 1 fully saturated rings. The summed E-state index contributed by atoms with van der Waals surface area (Å²) in [4.78, 5) is 68.0. The third kappa shape index (κ3) is 11.3. The first-order valence-corrected chi connectivity index (χ1v) is 16.8. The van der Waals surface area contributed by atoms with E-state index in [9.17, 15) is 29.1 Å². The van der Waals surface area contributed by atoms with E-state index in [1.807, 2.05) is 42.5 Å². The normalized spacial score (nSPS) is 20.8. The van der Waals surface area contributed by atoms with Crippen LogP contribution in [0.1, 0.15) is 49.7 Å². The maximum Gasteiger partial charge on any atom is 0.243 e. The molecule has 4 atom stereocenters. The maximum absolute atomic E-state index is 13.8. The van der Waals surface area contributed by atoms with E-state index in [1.165, 1.54) is 12.1 Å². The van der Waals surface area contributed by atoms with E-state index in [0.717, 1.165) is 16.3 Å². The van der Waals surface area contributed by atoms with Gasteiger partial charge >= 0.3 is 0 Å². The lowest BCUT2D eigenvalue weighted by atomic mass is 10.00. The number of aromatic hydroxyl groups is 1. The highest BCUT2D eigenvalue weighted by Crippen LogP contribution is 2.18. The lowest BCUT2D eigenvalue weighted by Crippen LogP contribution is -2.58. The lowest BCUT2D eigenvalue weighted by Gasteiger charge is -2.26. The predicted octanol–water partition coefficient (Wildman–Crippen LogP) is 0.635. The number of carbonyl (C=O) groups excluding carboxylic acids is 5. The van der Waals surface area contributed by atoms with E-state index in [0.29, 0.717) is 31.2 Å². The van der Waals surface area contributed by atoms with Crippen LogP contribution < -0.4 is 38.1 Å². The fourth-order valence-electron chi connectivity index (χ4n) is 5.76. The fraction of sp³-hybridized carbons (Fsp3) is 0.389. The Labute approximate surface area is 290 Å². The second kappa shape index (κ2) is 18.3. The summed E-state index contributed by atoms with van der Waals surface area (Å²) in [5.41, 5.74) is 12.6. The Kier molecular flexibility index (Phi) is 13.7. The zero-order valence-corrected chi connectivity index (χ0v) is 27.9. The number of unbranched alkanes of at least 4 members (excludes halogenated alkanes) is 1. The largest absolute Gasteiger partial charge is 0.508 e. The van der Waals surface area contributed by atoms with Crippen LogP contribution in [-0.2, 0) is 36.8 Å². The molecule has 1 heterocycles. The zero-order chi connectivity index (χ0) is 36.0. The van der Waals surface area contributed by atoms with Crippen LogP contribution >= 0.6 is 0 Å². The van der Waals surface area contributed by atoms with Gasteiger partial charge in [-0.15, -0.1) is 0 Å². The first-order chi connectivity index (χ1) is 24.0. The van der Waals surface area contributed by atoms with Gasteiger partial charge in [-0.1, -0.05) is 61.0 Å². The average molecular weight is 687 g/mol. The van der Waals surface area contributed by atoms with E-state index in [1.54, 1.807) is 12.1 Å². The van der Waals surface area contributed by atoms with Crippen LogP contribution in [0.25, 0.3) is 10.8 Å². The molecule has 1 aliphatic rings. The van der Waals surface area contributed by atoms with Gasteiger partial charge in [-0.3, -0.25) is 29.4 Å². The molecule has 4 rings (SSSR count). The number of benzene rings is 3. The molecule has 0 unspecified atom stereocenters. The van der Waals surface area contributed by atoms with Gasteiger partial charge in [0, 0.05) is 19.3 Å². The van der Waals surface area contributed by atoms with Crippen molar-refractivity contribution in [2.75, 3.05) is 13.1 Å². The number of amides is 5. The van der Waals surface area contributed by atoms with Crippen molar-refractivity contribution in [3.63, 3.8) is 0 Å². The molecule has 3 aromatic carbocycles. The van der Waals surface area contributed by atoms with Crippen LogP contribution in [0.3, 0.4) is 0 Å². The quantitative estimate of drug-likeness (QED) is 0.0742. The van der Waals surface area contributed by atoms with Gasteiger partial charge < -0.3 is 43.2 Å². The van der Waals surface area contributed by atoms with Gasteiger partial charge in [0.05, 0.1) is 12.4 Å². The predicted molar refractivity (Wildman–Crippen MR) is 189 cm³/mol. The zero-order valence-electron chi connectivity index (χ0n) is 27.9. The summed E-state index contributed by atoms with van der Waals surface area (Å²) in [5.74, 6) is -3.14. The number of carbonyl (C=O) groups is 5. The van der Waals surface area contributed by atoms with Gasteiger partial charge in [0.25, 0.3) is 0 Å². The Bertz CT molecular complexity index is 1680. The van der Waals surface area contributed by atoms with E-state index in [4.69, 9.17) is 16.9 Å². The smallest absolute Gasteiger partial charge is 0.243 e. The molecular formula is C36H46N8O6. The number of phenolic OH excluding ortho intramolecular Hbond substituents is 1. The molecule has 0 spiro atoms. The molecular weight excluding hydrogens is 640 g/mol. The van der Waals surface area contributed by atoms with Gasteiger partial charge in [-0.2, -0.15) is 0 Å². The van der Waals surface area contributed by atoms with Gasteiger partial charge in [0.2, 0.25) is 29.5 Å². The third-order valence-electron chi connectivity index (χ3n) is 8.49. The summed E-state index contributed by atoms with van der Waals surface area (Å²) >= 11 is 0. The number of hydrogen-bond donors (Lipinski definition) is 9. The SMILES string of the molecule is N=C(N)CCCC[C@@H]1NC(=O)[C@H](CCCN)NC(=O)[C@@H](Cc2ccc(O)cc2)NC(=O)CNC(=O)[C@H](Cc2ccc3ccccc3c2)NC1=O. The van der Waals surface area contributed by atoms with Crippen molar-refractivity contribution in [3.8, 4) is 5.75 Å². The highest BCUT2D eigenvalue weighted by molar-refractivity contribution is 5.97. The minimum Gasteiger partial charge on any atom is -0.508 e. The van der Waals surface area contributed by atoms with E-state index >= 15 is 0 Å². The lowest BCUT2D eigenvalue weighted by molar-refractivity contribution is -0.134. The van der Waals surface area contributed by atoms with Gasteiger partial charge in [0.1, 0.15) is 29.9 Å². The Morgan fingerprint density at radius 3 is 1.90 bits per heavy atom. The maximum atomic E-state index is 13.8. The summed E-state index contributed by atoms with van der Waals surface area (Å²) in [7, 11) is 0. The van der Waals surface area contributed by atoms with Gasteiger partial charge in [0.15, 0.2) is 0 Å². The standard InChI is InChI=1S/C36H46N8O6/c37-17-5-9-28-34(48)42-27(8-3-4-10-31(38)39)35(49)44-29(20-23-11-14-24-6-1-2-7-25(24)18-23)33(47)40-21-32(46)41-30(36(50)43-28)19-22-12-15-26(45)16-13-22/h1-2,6-7,11-16,18,27-30,45H,3-5,8-10,17,19-21,37H2,(H3,38,39)(H,40,47)(H,41,46)(H,42,48)(H,43,50)(H,44,49)/t27-,28-,29-,30+/m0/s1. The number of phenols is 1. The second-order valence-corrected chi connectivity index (χ2v) is 12.5. The van der Waals surface area contributed by atoms with Crippen LogP contribution in [0, 0.1) is 5.41 Å². The number of nitrogens with one attached hydrogen (secondary N) is 6. The molecule has 0 aromatic heterocycles. The highest BCUT2D eigenvalue weighted by Gasteiger charge is 2.32. The molecule has 0 saturated carbocycles. The van der Waals surface area contributed by atoms with Crippen molar-refractivity contribution >= 4 is 46.1 Å². The number of nitrogens with two attached hydrogens (primary N) is 2. The van der Waals surface area contributed by atoms with Gasteiger partial charge in [-0.05, 0) is 66.3 Å². The van der Waals surface area contributed by atoms with Crippen molar-refractivity contribution in [2.24, 2.45) is 11.5 Å². The molecule has 50 heavy (non-hydrogen) atoms. The first kappa shape index (κ1) is 37.3. The van der Waals surface area contributed by atoms with Crippen LogP contribution in [0.5, 0.6) is 5.75 Å². The minimum atomic E-state index is -1.14. The van der Waals surface area contributed by atoms with E-state index in [-0.39, 0.29) is 43.8 Å². The molecule has 3 aromatic rings. The summed E-state index contributed by atoms with van der Waals surface area (Å²) in [6.45, 7) is -0.239. The number of rotatable bonds is 12. The summed E-state index contributed by atoms with van der Waals surface area (Å²) in [6, 6.07) is 15.1. The molecule has 0 radical (unpaired) electrons. The average Bonchev–Trinajstić information content (AvgIpc) is 3.09. The molecule has 14 nitrogen and oxygen atoms in total. The summed E-state index contributed by atoms with van der Waals surface area (Å²) in [6.07, 6.45) is 2.09. The molecule has 0 bridgehead atoms. The first-order valence-electron chi connectivity index (χ1n) is 16.8. The Balaban J connectivity index is 1.66. The number of hydrogen-bond acceptors (Lipinski definition) is 8. The summed E-state index contributed by atoms with van der Waals surface area (Å²) in [5, 5.41) is 32.7. The van der Waals surface area contributed by atoms with Crippen molar-refractivity contribution in [3.05, 3.63) is 77.9 Å². The van der Waals surface area contributed by atoms with Crippen molar-refractivity contribution in [1.82, 2.24) is 26.6 Å². The number of fused-ring (bicyclic) bond motifs is 1. The molecule has 266 valence electrons. The van der Waals surface area contributed by atoms with Crippen LogP contribution in [-0.4, -0.2) is 77.7 Å². The molecule has 14 heteroatoms. The third-order valence-corrected chi connectivity index (χ3v) is 8.49. The van der Waals surface area contributed by atoms with E-state index in [2.05, 4.69) is 26.6 Å². The van der Waals surface area contributed by atoms with Crippen molar-refractivity contribution in [2.45, 2.75) is 75.5 Å². The van der Waals surface area contributed by atoms with Crippen LogP contribution in [0.4, 0.5) is 0 Å². The molecule has 1 aliphatic heterocycles. The van der Waals surface area contributed by atoms with Gasteiger partial charge in [-0.25, -0.2) is 0 Å². The minimum absolute atomic E-state index is 0.00209. The molecule has 1 saturated heterocycles. The van der Waals surface area contributed by atoms with Crippen molar-refractivity contribution < 1.29 is 29.1 Å².